The van der Waals surface area contributed by atoms with Crippen LogP contribution in [0.1, 0.15) is 27.8 Å². The molecule has 1 saturated heterocycles. The molecule has 134 valence electrons. The van der Waals surface area contributed by atoms with E-state index in [0.717, 1.165) is 5.76 Å². The van der Waals surface area contributed by atoms with Crippen molar-refractivity contribution < 1.29 is 22.4 Å². The molecule has 0 N–H and O–H groups in total. The van der Waals surface area contributed by atoms with Crippen LogP contribution in [0.3, 0.4) is 0 Å². The van der Waals surface area contributed by atoms with Crippen LogP contribution in [0, 0.1) is 0 Å². The number of methoxy groups -OCH3 is 1. The van der Waals surface area contributed by atoms with Gasteiger partial charge >= 0.3 is 5.97 Å². The fourth-order valence-electron chi connectivity index (χ4n) is 2.72. The number of nitrogens with zero attached hydrogens (tertiary/aromatic N) is 1. The highest BCUT2D eigenvalue weighted by atomic mass is 32.2. The molecule has 1 aromatic heterocycles. The van der Waals surface area contributed by atoms with Gasteiger partial charge in [0, 0.05) is 18.8 Å². The first-order valence-corrected chi connectivity index (χ1v) is 10.3. The van der Waals surface area contributed by atoms with Crippen LogP contribution in [-0.2, 0) is 14.8 Å². The van der Waals surface area contributed by atoms with E-state index in [9.17, 15) is 13.2 Å². The maximum Gasteiger partial charge on any atom is 0.337 e. The number of sulfonamides is 1. The number of thioether (sulfide) groups is 1. The molecule has 25 heavy (non-hydrogen) atoms. The number of furan rings is 1. The third-order valence-corrected chi connectivity index (χ3v) is 7.28. The Kier molecular flexibility index (Phi) is 5.51. The van der Waals surface area contributed by atoms with E-state index in [0.29, 0.717) is 30.8 Å². The summed E-state index contributed by atoms with van der Waals surface area (Å²) in [5, 5.41) is 0.164. The first-order chi connectivity index (χ1) is 12.0. The van der Waals surface area contributed by atoms with Crippen LogP contribution in [0.15, 0.2) is 52.0 Å². The summed E-state index contributed by atoms with van der Waals surface area (Å²) >= 11 is 1.71. The Hall–Kier alpha value is -1.77. The highest BCUT2D eigenvalue weighted by molar-refractivity contribution is 7.99. The van der Waals surface area contributed by atoms with Crippen molar-refractivity contribution in [2.24, 2.45) is 0 Å². The number of hydrogen-bond acceptors (Lipinski definition) is 6. The van der Waals surface area contributed by atoms with Gasteiger partial charge in [-0.05, 0) is 42.8 Å². The van der Waals surface area contributed by atoms with E-state index in [-0.39, 0.29) is 10.1 Å². The molecular formula is C17H19NO5S2. The molecule has 1 aliphatic heterocycles. The minimum absolute atomic E-state index is 0.164. The molecule has 3 rings (SSSR count). The average Bonchev–Trinajstić information content (AvgIpc) is 3.05. The first-order valence-electron chi connectivity index (χ1n) is 7.86. The van der Waals surface area contributed by atoms with Crippen LogP contribution < -0.4 is 0 Å². The lowest BCUT2D eigenvalue weighted by molar-refractivity contribution is 0.0600. The maximum absolute atomic E-state index is 12.9. The van der Waals surface area contributed by atoms with Gasteiger partial charge in [0.1, 0.15) is 5.76 Å². The van der Waals surface area contributed by atoms with Crippen LogP contribution in [0.5, 0.6) is 0 Å². The van der Waals surface area contributed by atoms with Gasteiger partial charge in [0.2, 0.25) is 10.0 Å². The van der Waals surface area contributed by atoms with E-state index in [1.165, 1.54) is 35.7 Å². The van der Waals surface area contributed by atoms with Crippen molar-refractivity contribution >= 4 is 27.8 Å². The smallest absolute Gasteiger partial charge is 0.337 e. The molecule has 1 fully saturated rings. The highest BCUT2D eigenvalue weighted by Gasteiger charge is 2.29. The van der Waals surface area contributed by atoms with Crippen LogP contribution in [0.4, 0.5) is 0 Å². The molecule has 2 aromatic rings. The summed E-state index contributed by atoms with van der Waals surface area (Å²) in [5.41, 5.74) is 0.325. The zero-order chi connectivity index (χ0) is 17.9. The number of ether oxygens (including phenoxy) is 1. The molecule has 0 radical (unpaired) electrons. The molecule has 1 atom stereocenters. The van der Waals surface area contributed by atoms with Gasteiger partial charge in [-0.3, -0.25) is 0 Å². The van der Waals surface area contributed by atoms with E-state index in [1.807, 2.05) is 12.1 Å². The Morgan fingerprint density at radius 3 is 2.64 bits per heavy atom. The molecule has 2 heterocycles. The highest BCUT2D eigenvalue weighted by Crippen LogP contribution is 2.35. The SMILES string of the molecule is COC(=O)c1ccc(S(=O)(=O)N2CCS[C@@H](c3ccco3)CC2)cc1. The third-order valence-electron chi connectivity index (χ3n) is 4.07. The average molecular weight is 381 g/mol. The second-order valence-electron chi connectivity index (χ2n) is 5.58. The molecular weight excluding hydrogens is 362 g/mol. The molecule has 1 aliphatic rings. The van der Waals surface area contributed by atoms with Gasteiger partial charge in [0.15, 0.2) is 0 Å². The van der Waals surface area contributed by atoms with Crippen molar-refractivity contribution in [3.8, 4) is 0 Å². The summed E-state index contributed by atoms with van der Waals surface area (Å²) in [6.07, 6.45) is 2.33. The van der Waals surface area contributed by atoms with Crippen molar-refractivity contribution in [1.29, 1.82) is 0 Å². The number of carbonyl (C=O) groups is 1. The van der Waals surface area contributed by atoms with Gasteiger partial charge in [0.05, 0.1) is 29.1 Å². The predicted molar refractivity (Wildman–Crippen MR) is 95.1 cm³/mol. The van der Waals surface area contributed by atoms with Crippen molar-refractivity contribution in [2.45, 2.75) is 16.6 Å². The predicted octanol–water partition coefficient (Wildman–Crippen LogP) is 2.94. The van der Waals surface area contributed by atoms with Gasteiger partial charge in [-0.2, -0.15) is 4.31 Å². The van der Waals surface area contributed by atoms with Crippen LogP contribution in [0.2, 0.25) is 0 Å². The standard InChI is InChI=1S/C17H19NO5S2/c1-22-17(19)13-4-6-14(7-5-13)25(20,21)18-9-8-16(24-12-10-18)15-3-2-11-23-15/h2-7,11,16H,8-10,12H2,1H3/t16-/m1/s1. The summed E-state index contributed by atoms with van der Waals surface area (Å²) in [5.74, 6) is 1.09. The van der Waals surface area contributed by atoms with Crippen molar-refractivity contribution in [2.75, 3.05) is 26.0 Å². The first kappa shape index (κ1) is 18.0. The van der Waals surface area contributed by atoms with Crippen molar-refractivity contribution in [1.82, 2.24) is 4.31 Å². The zero-order valence-corrected chi connectivity index (χ0v) is 15.4. The quantitative estimate of drug-likeness (QED) is 0.758. The lowest BCUT2D eigenvalue weighted by atomic mass is 10.2. The number of hydrogen-bond donors (Lipinski definition) is 0. The lowest BCUT2D eigenvalue weighted by Crippen LogP contribution is -2.33. The molecule has 6 nitrogen and oxygen atoms in total. The summed E-state index contributed by atoms with van der Waals surface area (Å²) in [4.78, 5) is 11.7. The fraction of sp³-hybridized carbons (Fsp3) is 0.353. The van der Waals surface area contributed by atoms with E-state index >= 15 is 0 Å². The fourth-order valence-corrected chi connectivity index (χ4v) is 5.47. The molecule has 0 spiro atoms. The minimum atomic E-state index is -3.59. The Morgan fingerprint density at radius 1 is 1.24 bits per heavy atom. The Balaban J connectivity index is 1.74. The number of rotatable bonds is 4. The number of esters is 1. The molecule has 0 aliphatic carbocycles. The number of carbonyl (C=O) groups excluding carboxylic acids is 1. The van der Waals surface area contributed by atoms with E-state index in [2.05, 4.69) is 4.74 Å². The lowest BCUT2D eigenvalue weighted by Gasteiger charge is -2.20. The van der Waals surface area contributed by atoms with Gasteiger partial charge in [-0.1, -0.05) is 0 Å². The normalized spacial score (nSPS) is 19.3. The Morgan fingerprint density at radius 2 is 2.00 bits per heavy atom. The monoisotopic (exact) mass is 381 g/mol. The van der Waals surface area contributed by atoms with Gasteiger partial charge < -0.3 is 9.15 Å². The summed E-state index contributed by atoms with van der Waals surface area (Å²) < 4.78 is 37.3. The van der Waals surface area contributed by atoms with Gasteiger partial charge in [0.25, 0.3) is 0 Å². The van der Waals surface area contributed by atoms with Crippen molar-refractivity contribution in [3.63, 3.8) is 0 Å². The summed E-state index contributed by atoms with van der Waals surface area (Å²) in [6.45, 7) is 0.877. The van der Waals surface area contributed by atoms with Crippen LogP contribution >= 0.6 is 11.8 Å². The molecule has 0 bridgehead atoms. The zero-order valence-electron chi connectivity index (χ0n) is 13.8. The van der Waals surface area contributed by atoms with Gasteiger partial charge in [-0.15, -0.1) is 11.8 Å². The van der Waals surface area contributed by atoms with Gasteiger partial charge in [-0.25, -0.2) is 13.2 Å². The molecule has 0 unspecified atom stereocenters. The second kappa shape index (κ2) is 7.63. The van der Waals surface area contributed by atoms with Crippen LogP contribution in [-0.4, -0.2) is 44.6 Å². The summed E-state index contributed by atoms with van der Waals surface area (Å²) in [6, 6.07) is 9.60. The van der Waals surface area contributed by atoms with Crippen molar-refractivity contribution in [3.05, 3.63) is 54.0 Å². The topological polar surface area (TPSA) is 76.8 Å². The minimum Gasteiger partial charge on any atom is -0.468 e. The third kappa shape index (κ3) is 3.91. The Bertz CT molecular complexity index is 815. The number of benzene rings is 1. The van der Waals surface area contributed by atoms with E-state index in [1.54, 1.807) is 18.0 Å². The molecule has 0 saturated carbocycles. The van der Waals surface area contributed by atoms with E-state index in [4.69, 9.17) is 4.42 Å². The second-order valence-corrected chi connectivity index (χ2v) is 8.83. The Labute approximate surface area is 151 Å². The van der Waals surface area contributed by atoms with Crippen LogP contribution in [0.25, 0.3) is 0 Å². The summed E-state index contributed by atoms with van der Waals surface area (Å²) in [7, 11) is -2.30. The molecule has 8 heteroatoms. The molecule has 1 aromatic carbocycles. The molecule has 0 amide bonds. The van der Waals surface area contributed by atoms with E-state index < -0.39 is 16.0 Å². The largest absolute Gasteiger partial charge is 0.468 e. The maximum atomic E-state index is 12.9.